The first-order valence-corrected chi connectivity index (χ1v) is 10.5. The van der Waals surface area contributed by atoms with Gasteiger partial charge in [-0.25, -0.2) is 0 Å². The topological polar surface area (TPSA) is 55.6 Å². The normalized spacial score (nSPS) is 19.5. The molecule has 0 atom stereocenters. The zero-order valence-corrected chi connectivity index (χ0v) is 16.4. The molecule has 1 aliphatic carbocycles. The van der Waals surface area contributed by atoms with E-state index in [4.69, 9.17) is 4.74 Å². The SMILES string of the molecule is Cc1nnc2cc(-c3ccc(OC4CCN(C5CCCC5)CC4)cc3)cnn12. The van der Waals surface area contributed by atoms with Gasteiger partial charge in [0.15, 0.2) is 11.5 Å². The van der Waals surface area contributed by atoms with Gasteiger partial charge in [0.05, 0.1) is 6.20 Å². The summed E-state index contributed by atoms with van der Waals surface area (Å²) < 4.78 is 8.01. The van der Waals surface area contributed by atoms with Crippen LogP contribution in [0.25, 0.3) is 16.8 Å². The molecule has 2 aromatic heterocycles. The monoisotopic (exact) mass is 377 g/mol. The van der Waals surface area contributed by atoms with Crippen LogP contribution >= 0.6 is 0 Å². The Morgan fingerprint density at radius 2 is 1.68 bits per heavy atom. The van der Waals surface area contributed by atoms with E-state index in [2.05, 4.69) is 44.5 Å². The van der Waals surface area contributed by atoms with E-state index in [1.54, 1.807) is 4.52 Å². The number of hydrogen-bond acceptors (Lipinski definition) is 5. The molecule has 0 spiro atoms. The van der Waals surface area contributed by atoms with Gasteiger partial charge in [0.1, 0.15) is 11.9 Å². The van der Waals surface area contributed by atoms with Crippen molar-refractivity contribution in [2.75, 3.05) is 13.1 Å². The van der Waals surface area contributed by atoms with Crippen LogP contribution in [-0.2, 0) is 0 Å². The number of fused-ring (bicyclic) bond motifs is 1. The summed E-state index contributed by atoms with van der Waals surface area (Å²) in [6.45, 7) is 4.25. The van der Waals surface area contributed by atoms with E-state index in [1.165, 1.54) is 38.8 Å². The number of hydrogen-bond donors (Lipinski definition) is 0. The smallest absolute Gasteiger partial charge is 0.178 e. The summed E-state index contributed by atoms with van der Waals surface area (Å²) in [4.78, 5) is 2.69. The molecule has 1 saturated heterocycles. The fourth-order valence-corrected chi connectivity index (χ4v) is 4.61. The Balaban J connectivity index is 1.21. The molecule has 5 rings (SSSR count). The molecule has 2 aliphatic rings. The highest BCUT2D eigenvalue weighted by Gasteiger charge is 2.27. The van der Waals surface area contributed by atoms with E-state index in [-0.39, 0.29) is 0 Å². The molecular formula is C22H27N5O. The van der Waals surface area contributed by atoms with Crippen molar-refractivity contribution in [3.8, 4) is 16.9 Å². The van der Waals surface area contributed by atoms with Gasteiger partial charge >= 0.3 is 0 Å². The van der Waals surface area contributed by atoms with Gasteiger partial charge in [0, 0.05) is 24.7 Å². The molecule has 0 amide bonds. The minimum atomic E-state index is 0.334. The minimum Gasteiger partial charge on any atom is -0.490 e. The summed E-state index contributed by atoms with van der Waals surface area (Å²) in [5, 5.41) is 12.7. The highest BCUT2D eigenvalue weighted by atomic mass is 16.5. The molecule has 1 aromatic carbocycles. The predicted octanol–water partition coefficient (Wildman–Crippen LogP) is 3.89. The maximum atomic E-state index is 6.26. The van der Waals surface area contributed by atoms with Crippen molar-refractivity contribution in [3.63, 3.8) is 0 Å². The second-order valence-corrected chi connectivity index (χ2v) is 8.08. The molecule has 3 aromatic rings. The minimum absolute atomic E-state index is 0.334. The molecule has 1 saturated carbocycles. The molecule has 0 unspecified atom stereocenters. The first-order chi connectivity index (χ1) is 13.8. The van der Waals surface area contributed by atoms with E-state index in [9.17, 15) is 0 Å². The van der Waals surface area contributed by atoms with Crippen molar-refractivity contribution >= 4 is 5.65 Å². The fourth-order valence-electron chi connectivity index (χ4n) is 4.61. The number of aryl methyl sites for hydroxylation is 1. The first kappa shape index (κ1) is 17.6. The van der Waals surface area contributed by atoms with Crippen molar-refractivity contribution < 1.29 is 4.74 Å². The summed E-state index contributed by atoms with van der Waals surface area (Å²) in [5.41, 5.74) is 2.92. The lowest BCUT2D eigenvalue weighted by atomic mass is 10.0. The first-order valence-electron chi connectivity index (χ1n) is 10.5. The van der Waals surface area contributed by atoms with Gasteiger partial charge in [-0.3, -0.25) is 0 Å². The lowest BCUT2D eigenvalue weighted by molar-refractivity contribution is 0.0768. The fraction of sp³-hybridized carbons (Fsp3) is 0.500. The molecule has 6 nitrogen and oxygen atoms in total. The van der Waals surface area contributed by atoms with Gasteiger partial charge in [-0.15, -0.1) is 10.2 Å². The van der Waals surface area contributed by atoms with Crippen LogP contribution in [-0.4, -0.2) is 49.9 Å². The van der Waals surface area contributed by atoms with Crippen LogP contribution in [0.1, 0.15) is 44.3 Å². The summed E-state index contributed by atoms with van der Waals surface area (Å²) >= 11 is 0. The summed E-state index contributed by atoms with van der Waals surface area (Å²) in [6.07, 6.45) is 10.1. The standard InChI is InChI=1S/C22H27N5O/c1-16-24-25-22-14-18(15-23-27(16)22)17-6-8-20(9-7-17)28-21-10-12-26(13-11-21)19-4-2-3-5-19/h6-9,14-15,19,21H,2-5,10-13H2,1H3. The third-order valence-electron chi connectivity index (χ3n) is 6.23. The van der Waals surface area contributed by atoms with Gasteiger partial charge < -0.3 is 9.64 Å². The van der Waals surface area contributed by atoms with Gasteiger partial charge in [0.25, 0.3) is 0 Å². The molecule has 28 heavy (non-hydrogen) atoms. The van der Waals surface area contributed by atoms with Crippen LogP contribution in [0.3, 0.4) is 0 Å². The Bertz CT molecular complexity index is 937. The van der Waals surface area contributed by atoms with E-state index in [0.717, 1.165) is 47.2 Å². The van der Waals surface area contributed by atoms with Crippen LogP contribution in [0, 0.1) is 6.92 Å². The van der Waals surface area contributed by atoms with E-state index in [1.807, 2.05) is 19.2 Å². The highest BCUT2D eigenvalue weighted by Crippen LogP contribution is 2.28. The van der Waals surface area contributed by atoms with Crippen molar-refractivity contribution in [1.29, 1.82) is 0 Å². The Kier molecular flexibility index (Phi) is 4.72. The lowest BCUT2D eigenvalue weighted by Crippen LogP contribution is -2.43. The highest BCUT2D eigenvalue weighted by molar-refractivity contribution is 5.66. The van der Waals surface area contributed by atoms with Gasteiger partial charge in [-0.1, -0.05) is 25.0 Å². The van der Waals surface area contributed by atoms with Gasteiger partial charge in [-0.05, 0) is 56.4 Å². The molecule has 1 aliphatic heterocycles. The van der Waals surface area contributed by atoms with Crippen LogP contribution in [0.5, 0.6) is 5.75 Å². The molecule has 2 fully saturated rings. The maximum absolute atomic E-state index is 6.26. The van der Waals surface area contributed by atoms with Crippen LogP contribution in [0.4, 0.5) is 0 Å². The van der Waals surface area contributed by atoms with Crippen molar-refractivity contribution in [2.45, 2.75) is 57.6 Å². The summed E-state index contributed by atoms with van der Waals surface area (Å²) in [6, 6.07) is 11.2. The second-order valence-electron chi connectivity index (χ2n) is 8.08. The number of likely N-dealkylation sites (tertiary alicyclic amines) is 1. The second kappa shape index (κ2) is 7.51. The average Bonchev–Trinajstić information content (AvgIpc) is 3.39. The van der Waals surface area contributed by atoms with E-state index in [0.29, 0.717) is 6.10 Å². The number of nitrogens with zero attached hydrogens (tertiary/aromatic N) is 5. The molecule has 0 radical (unpaired) electrons. The predicted molar refractivity (Wildman–Crippen MR) is 108 cm³/mol. The van der Waals surface area contributed by atoms with Crippen molar-refractivity contribution in [3.05, 3.63) is 42.4 Å². The number of aromatic nitrogens is 4. The average molecular weight is 377 g/mol. The molecule has 3 heterocycles. The van der Waals surface area contributed by atoms with E-state index < -0.39 is 0 Å². The lowest BCUT2D eigenvalue weighted by Gasteiger charge is -2.36. The van der Waals surface area contributed by atoms with Crippen molar-refractivity contribution in [2.24, 2.45) is 0 Å². The Hall–Kier alpha value is -2.47. The Labute approximate surface area is 165 Å². The van der Waals surface area contributed by atoms with E-state index >= 15 is 0 Å². The number of ether oxygens (including phenoxy) is 1. The number of benzene rings is 1. The summed E-state index contributed by atoms with van der Waals surface area (Å²) in [5.74, 6) is 1.75. The van der Waals surface area contributed by atoms with Gasteiger partial charge in [0.2, 0.25) is 0 Å². The van der Waals surface area contributed by atoms with Crippen LogP contribution in [0.15, 0.2) is 36.5 Å². The molecular weight excluding hydrogens is 350 g/mol. The van der Waals surface area contributed by atoms with Crippen molar-refractivity contribution in [1.82, 2.24) is 24.7 Å². The van der Waals surface area contributed by atoms with Crippen LogP contribution < -0.4 is 4.74 Å². The maximum Gasteiger partial charge on any atom is 0.178 e. The Morgan fingerprint density at radius 1 is 0.929 bits per heavy atom. The third-order valence-corrected chi connectivity index (χ3v) is 6.23. The largest absolute Gasteiger partial charge is 0.490 e. The quantitative estimate of drug-likeness (QED) is 0.690. The molecule has 146 valence electrons. The zero-order chi connectivity index (χ0) is 18.9. The number of piperidine rings is 1. The Morgan fingerprint density at radius 3 is 2.43 bits per heavy atom. The molecule has 6 heteroatoms. The van der Waals surface area contributed by atoms with Crippen LogP contribution in [0.2, 0.25) is 0 Å². The molecule has 0 bridgehead atoms. The molecule has 0 N–H and O–H groups in total. The third kappa shape index (κ3) is 3.49. The zero-order valence-electron chi connectivity index (χ0n) is 16.4. The number of rotatable bonds is 4. The van der Waals surface area contributed by atoms with Gasteiger partial charge in [-0.2, -0.15) is 9.61 Å². The summed E-state index contributed by atoms with van der Waals surface area (Å²) in [7, 11) is 0.